The number of aromatic nitrogens is 2. The van der Waals surface area contributed by atoms with Crippen LogP contribution in [0.4, 0.5) is 5.82 Å². The van der Waals surface area contributed by atoms with E-state index in [0.29, 0.717) is 11.7 Å². The van der Waals surface area contributed by atoms with Gasteiger partial charge in [0.2, 0.25) is 5.91 Å². The average molecular weight is 283 g/mol. The molecule has 0 aromatic carbocycles. The molecule has 1 fully saturated rings. The second-order valence-electron chi connectivity index (χ2n) is 5.66. The third kappa shape index (κ3) is 2.81. The summed E-state index contributed by atoms with van der Waals surface area (Å²) in [6.45, 7) is 7.26. The van der Waals surface area contributed by atoms with Crippen LogP contribution in [0.5, 0.6) is 0 Å². The number of hydrogen-bond donors (Lipinski definition) is 1. The van der Waals surface area contributed by atoms with Gasteiger partial charge in [0.15, 0.2) is 0 Å². The van der Waals surface area contributed by atoms with Crippen molar-refractivity contribution in [3.05, 3.63) is 17.0 Å². The number of primary amides is 1. The first-order valence-electron chi connectivity index (χ1n) is 6.41. The molecule has 0 radical (unpaired) electrons. The summed E-state index contributed by atoms with van der Waals surface area (Å²) in [5, 5.41) is 0.432. The maximum absolute atomic E-state index is 11.5. The minimum absolute atomic E-state index is 0.211. The van der Waals surface area contributed by atoms with Crippen LogP contribution in [0.15, 0.2) is 6.07 Å². The van der Waals surface area contributed by atoms with Gasteiger partial charge in [-0.2, -0.15) is 0 Å². The lowest BCUT2D eigenvalue weighted by atomic mass is 9.89. The van der Waals surface area contributed by atoms with Crippen LogP contribution in [0.2, 0.25) is 5.15 Å². The molecule has 1 aromatic rings. The molecule has 1 aromatic heterocycles. The minimum atomic E-state index is -0.491. The summed E-state index contributed by atoms with van der Waals surface area (Å²) in [6, 6.07) is 1.74. The van der Waals surface area contributed by atoms with Crippen molar-refractivity contribution in [2.24, 2.45) is 11.1 Å². The number of halogens is 1. The molecule has 5 nitrogen and oxygen atoms in total. The molecule has 6 heteroatoms. The van der Waals surface area contributed by atoms with Crippen LogP contribution in [-0.4, -0.2) is 29.0 Å². The Hall–Kier alpha value is -1.36. The second-order valence-corrected chi connectivity index (χ2v) is 6.05. The summed E-state index contributed by atoms with van der Waals surface area (Å²) in [5.41, 5.74) is 4.97. The molecule has 1 amide bonds. The monoisotopic (exact) mass is 282 g/mol. The number of carbonyl (C=O) groups is 1. The van der Waals surface area contributed by atoms with Gasteiger partial charge in [0.1, 0.15) is 16.8 Å². The number of hydrogen-bond acceptors (Lipinski definition) is 4. The molecule has 0 saturated carbocycles. The number of carbonyl (C=O) groups excluding carboxylic acids is 1. The van der Waals surface area contributed by atoms with Gasteiger partial charge in [0.25, 0.3) is 0 Å². The van der Waals surface area contributed by atoms with E-state index in [9.17, 15) is 4.79 Å². The summed E-state index contributed by atoms with van der Waals surface area (Å²) >= 11 is 6.04. The molecule has 0 bridgehead atoms. The van der Waals surface area contributed by atoms with Crippen LogP contribution in [-0.2, 0) is 4.79 Å². The molecule has 2 heterocycles. The third-order valence-electron chi connectivity index (χ3n) is 3.61. The molecule has 0 aliphatic carbocycles. The Morgan fingerprint density at radius 3 is 2.74 bits per heavy atom. The van der Waals surface area contributed by atoms with Gasteiger partial charge in [-0.05, 0) is 13.3 Å². The first-order chi connectivity index (χ1) is 8.82. The Balaban J connectivity index is 2.27. The predicted octanol–water partition coefficient (Wildman–Crippen LogP) is 1.96. The lowest BCUT2D eigenvalue weighted by Crippen LogP contribution is -2.37. The highest BCUT2D eigenvalue weighted by Gasteiger charge is 2.39. The maximum atomic E-state index is 11.5. The summed E-state index contributed by atoms with van der Waals surface area (Å²) in [4.78, 5) is 22.3. The van der Waals surface area contributed by atoms with E-state index < -0.39 is 5.41 Å². The molecule has 1 aliphatic rings. The topological polar surface area (TPSA) is 72.1 Å². The highest BCUT2D eigenvalue weighted by molar-refractivity contribution is 6.29. The van der Waals surface area contributed by atoms with E-state index in [1.54, 1.807) is 6.07 Å². The maximum Gasteiger partial charge on any atom is 0.225 e. The zero-order valence-electron chi connectivity index (χ0n) is 11.5. The molecule has 19 heavy (non-hydrogen) atoms. The Morgan fingerprint density at radius 1 is 1.53 bits per heavy atom. The smallest absolute Gasteiger partial charge is 0.225 e. The van der Waals surface area contributed by atoms with Crippen LogP contribution in [0.1, 0.15) is 38.9 Å². The largest absolute Gasteiger partial charge is 0.369 e. The van der Waals surface area contributed by atoms with Crippen LogP contribution in [0.25, 0.3) is 0 Å². The fourth-order valence-electron chi connectivity index (χ4n) is 2.20. The van der Waals surface area contributed by atoms with Crippen LogP contribution in [0, 0.1) is 5.41 Å². The Bertz CT molecular complexity index is 505. The lowest BCUT2D eigenvalue weighted by molar-refractivity contribution is -0.125. The third-order valence-corrected chi connectivity index (χ3v) is 3.80. The summed E-state index contributed by atoms with van der Waals surface area (Å²) in [6.07, 6.45) is 0.737. The lowest BCUT2D eigenvalue weighted by Gasteiger charge is -2.22. The van der Waals surface area contributed by atoms with Gasteiger partial charge in [-0.15, -0.1) is 0 Å². The first-order valence-corrected chi connectivity index (χ1v) is 6.79. The Kier molecular flexibility index (Phi) is 3.67. The van der Waals surface area contributed by atoms with Gasteiger partial charge in [-0.25, -0.2) is 9.97 Å². The van der Waals surface area contributed by atoms with E-state index in [1.807, 2.05) is 25.7 Å². The van der Waals surface area contributed by atoms with E-state index >= 15 is 0 Å². The van der Waals surface area contributed by atoms with Gasteiger partial charge < -0.3 is 10.6 Å². The van der Waals surface area contributed by atoms with Crippen molar-refractivity contribution in [3.63, 3.8) is 0 Å². The molecule has 1 atom stereocenters. The molecule has 104 valence electrons. The van der Waals surface area contributed by atoms with Gasteiger partial charge in [0, 0.05) is 25.1 Å². The van der Waals surface area contributed by atoms with Crippen molar-refractivity contribution in [1.82, 2.24) is 9.97 Å². The van der Waals surface area contributed by atoms with Gasteiger partial charge in [0.05, 0.1) is 5.41 Å². The van der Waals surface area contributed by atoms with Gasteiger partial charge in [-0.3, -0.25) is 4.79 Å². The molecule has 1 aliphatic heterocycles. The van der Waals surface area contributed by atoms with Gasteiger partial charge in [-0.1, -0.05) is 25.4 Å². The van der Waals surface area contributed by atoms with Crippen molar-refractivity contribution < 1.29 is 4.79 Å². The van der Waals surface area contributed by atoms with Crippen molar-refractivity contribution >= 4 is 23.3 Å². The molecule has 2 N–H and O–H groups in total. The van der Waals surface area contributed by atoms with E-state index in [-0.39, 0.29) is 11.8 Å². The number of anilines is 1. The van der Waals surface area contributed by atoms with Crippen LogP contribution < -0.4 is 10.6 Å². The van der Waals surface area contributed by atoms with Crippen molar-refractivity contribution in [2.45, 2.75) is 33.1 Å². The quantitative estimate of drug-likeness (QED) is 0.860. The molecule has 1 saturated heterocycles. The van der Waals surface area contributed by atoms with E-state index in [0.717, 1.165) is 24.6 Å². The van der Waals surface area contributed by atoms with Crippen molar-refractivity contribution in [2.75, 3.05) is 18.0 Å². The molecule has 0 spiro atoms. The summed E-state index contributed by atoms with van der Waals surface area (Å²) in [7, 11) is 0. The number of nitrogens with zero attached hydrogens (tertiary/aromatic N) is 3. The Labute approximate surface area is 118 Å². The van der Waals surface area contributed by atoms with E-state index in [2.05, 4.69) is 9.97 Å². The molecular weight excluding hydrogens is 264 g/mol. The average Bonchev–Trinajstić information content (AvgIpc) is 2.72. The van der Waals surface area contributed by atoms with Gasteiger partial charge >= 0.3 is 0 Å². The highest BCUT2D eigenvalue weighted by atomic mass is 35.5. The molecule has 1 unspecified atom stereocenters. The van der Waals surface area contributed by atoms with Crippen molar-refractivity contribution in [1.29, 1.82) is 0 Å². The van der Waals surface area contributed by atoms with E-state index in [4.69, 9.17) is 17.3 Å². The summed E-state index contributed by atoms with van der Waals surface area (Å²) in [5.74, 6) is 1.44. The first kappa shape index (κ1) is 14.1. The van der Waals surface area contributed by atoms with Crippen molar-refractivity contribution in [3.8, 4) is 0 Å². The van der Waals surface area contributed by atoms with E-state index in [1.165, 1.54) is 0 Å². The minimum Gasteiger partial charge on any atom is -0.369 e. The zero-order chi connectivity index (χ0) is 14.2. The number of rotatable bonds is 3. The fraction of sp³-hybridized carbons (Fsp3) is 0.615. The Morgan fingerprint density at radius 2 is 2.21 bits per heavy atom. The molecular formula is C13H19ClN4O. The molecule has 2 rings (SSSR count). The van der Waals surface area contributed by atoms with Crippen LogP contribution >= 0.6 is 11.6 Å². The standard InChI is InChI=1S/C13H19ClN4O/c1-8(2)11-16-9(14)6-10(17-11)18-5-4-13(3,7-18)12(15)19/h6,8H,4-5,7H2,1-3H3,(H2,15,19). The normalized spacial score (nSPS) is 23.1. The SMILES string of the molecule is CC(C)c1nc(Cl)cc(N2CCC(C)(C(N)=O)C2)n1. The number of amides is 1. The summed E-state index contributed by atoms with van der Waals surface area (Å²) < 4.78 is 0. The highest BCUT2D eigenvalue weighted by Crippen LogP contribution is 2.33. The second kappa shape index (κ2) is 4.96. The zero-order valence-corrected chi connectivity index (χ0v) is 12.2. The number of nitrogens with two attached hydrogens (primary N) is 1. The fourth-order valence-corrected chi connectivity index (χ4v) is 2.39. The predicted molar refractivity (Wildman–Crippen MR) is 75.3 cm³/mol. The van der Waals surface area contributed by atoms with Crippen LogP contribution in [0.3, 0.4) is 0 Å².